The third-order valence-corrected chi connectivity index (χ3v) is 4.94. The van der Waals surface area contributed by atoms with E-state index in [-0.39, 0.29) is 24.0 Å². The van der Waals surface area contributed by atoms with Gasteiger partial charge in [0.1, 0.15) is 5.82 Å². The number of H-pyrrole nitrogens is 1. The van der Waals surface area contributed by atoms with Crippen molar-refractivity contribution < 1.29 is 0 Å². The fourth-order valence-electron chi connectivity index (χ4n) is 3.57. The van der Waals surface area contributed by atoms with E-state index in [0.717, 1.165) is 36.1 Å². The molecule has 2 N–H and O–H groups in total. The van der Waals surface area contributed by atoms with Crippen LogP contribution < -0.4 is 5.32 Å². The monoisotopic (exact) mass is 482 g/mol. The number of benzene rings is 1. The molecule has 1 saturated heterocycles. The Balaban J connectivity index is 0.00000261. The second kappa shape index (κ2) is 10.7. The summed E-state index contributed by atoms with van der Waals surface area (Å²) in [6.07, 6.45) is 4.47. The number of hydrogen-bond donors (Lipinski definition) is 2. The molecule has 2 heterocycles. The Morgan fingerprint density at radius 1 is 1.37 bits per heavy atom. The Morgan fingerprint density at radius 3 is 2.85 bits per heavy atom. The Kier molecular flexibility index (Phi) is 8.56. The second-order valence-electron chi connectivity index (χ2n) is 7.16. The summed E-state index contributed by atoms with van der Waals surface area (Å²) in [6.45, 7) is 4.03. The van der Waals surface area contributed by atoms with Crippen molar-refractivity contribution in [2.75, 3.05) is 40.8 Å². The topological polar surface area (TPSA) is 59.6 Å². The molecule has 1 aliphatic heterocycles. The van der Waals surface area contributed by atoms with Crippen molar-refractivity contribution in [1.82, 2.24) is 25.1 Å². The molecule has 0 saturated carbocycles. The predicted molar refractivity (Wildman–Crippen MR) is 122 cm³/mol. The van der Waals surface area contributed by atoms with Crippen LogP contribution >= 0.6 is 24.0 Å². The number of hydrogen-bond acceptors (Lipinski definition) is 3. The molecule has 1 unspecified atom stereocenters. The highest BCUT2D eigenvalue weighted by Gasteiger charge is 2.18. The summed E-state index contributed by atoms with van der Waals surface area (Å²) in [5, 5.41) is 3.53. The molecule has 1 aromatic heterocycles. The lowest BCUT2D eigenvalue weighted by atomic mass is 9.99. The molecule has 1 fully saturated rings. The number of guanidine groups is 1. The minimum atomic E-state index is 0. The van der Waals surface area contributed by atoms with Crippen LogP contribution in [0.15, 0.2) is 41.5 Å². The number of piperidine rings is 1. The highest BCUT2D eigenvalue weighted by Crippen LogP contribution is 2.17. The van der Waals surface area contributed by atoms with Crippen molar-refractivity contribution >= 4 is 29.9 Å². The smallest absolute Gasteiger partial charge is 0.193 e. The van der Waals surface area contributed by atoms with Crippen molar-refractivity contribution in [2.24, 2.45) is 10.9 Å². The van der Waals surface area contributed by atoms with Crippen molar-refractivity contribution in [3.05, 3.63) is 42.4 Å². The predicted octanol–water partition coefficient (Wildman–Crippen LogP) is 3.04. The summed E-state index contributed by atoms with van der Waals surface area (Å²) < 4.78 is 0. The SMILES string of the molecule is CN=C(NCC1CCCN(C)C1)N(C)Cc1ncc(-c2ccccc2)[nH]1.I. The first-order valence-electron chi connectivity index (χ1n) is 9.35. The number of likely N-dealkylation sites (tertiary alicyclic amines) is 1. The van der Waals surface area contributed by atoms with Crippen LogP contribution in [0.1, 0.15) is 18.7 Å². The van der Waals surface area contributed by atoms with Crippen molar-refractivity contribution in [3.8, 4) is 11.3 Å². The van der Waals surface area contributed by atoms with Gasteiger partial charge >= 0.3 is 0 Å². The van der Waals surface area contributed by atoms with Crippen LogP contribution in [0.3, 0.4) is 0 Å². The standard InChI is InChI=1S/C20H30N6.HI/c1-21-20(23-12-16-8-7-11-25(2)14-16)26(3)15-19-22-13-18(24-19)17-9-5-4-6-10-17;/h4-6,9-10,13,16H,7-8,11-12,14-15H2,1-3H3,(H,21,23)(H,22,24);1H. The van der Waals surface area contributed by atoms with E-state index in [1.54, 1.807) is 0 Å². The molecule has 0 aliphatic carbocycles. The average molecular weight is 482 g/mol. The number of nitrogens with zero attached hydrogens (tertiary/aromatic N) is 4. The van der Waals surface area contributed by atoms with Crippen LogP contribution in [-0.4, -0.2) is 66.5 Å². The Morgan fingerprint density at radius 2 is 2.15 bits per heavy atom. The molecule has 6 nitrogen and oxygen atoms in total. The fourth-order valence-corrected chi connectivity index (χ4v) is 3.57. The van der Waals surface area contributed by atoms with Gasteiger partial charge in [-0.25, -0.2) is 4.98 Å². The highest BCUT2D eigenvalue weighted by molar-refractivity contribution is 14.0. The summed E-state index contributed by atoms with van der Waals surface area (Å²) in [5.74, 6) is 2.54. The average Bonchev–Trinajstić information content (AvgIpc) is 3.11. The maximum Gasteiger partial charge on any atom is 0.193 e. The normalized spacial score (nSPS) is 18.0. The zero-order chi connectivity index (χ0) is 18.4. The second-order valence-corrected chi connectivity index (χ2v) is 7.16. The van der Waals surface area contributed by atoms with Gasteiger partial charge in [0, 0.05) is 27.2 Å². The van der Waals surface area contributed by atoms with Gasteiger partial charge in [-0.3, -0.25) is 4.99 Å². The van der Waals surface area contributed by atoms with Crippen LogP contribution in [0.2, 0.25) is 0 Å². The number of aromatic nitrogens is 2. The van der Waals surface area contributed by atoms with Gasteiger partial charge in [-0.15, -0.1) is 24.0 Å². The van der Waals surface area contributed by atoms with Gasteiger partial charge in [-0.1, -0.05) is 30.3 Å². The van der Waals surface area contributed by atoms with Gasteiger partial charge in [0.2, 0.25) is 0 Å². The van der Waals surface area contributed by atoms with E-state index in [9.17, 15) is 0 Å². The number of rotatable bonds is 5. The summed E-state index contributed by atoms with van der Waals surface area (Å²) in [6, 6.07) is 10.3. The zero-order valence-electron chi connectivity index (χ0n) is 16.5. The number of halogens is 1. The Labute approximate surface area is 179 Å². The molecule has 1 aromatic carbocycles. The van der Waals surface area contributed by atoms with E-state index in [2.05, 4.69) is 49.3 Å². The molecule has 1 aliphatic rings. The highest BCUT2D eigenvalue weighted by atomic mass is 127. The molecule has 27 heavy (non-hydrogen) atoms. The van der Waals surface area contributed by atoms with E-state index in [4.69, 9.17) is 0 Å². The van der Waals surface area contributed by atoms with Gasteiger partial charge in [0.15, 0.2) is 5.96 Å². The van der Waals surface area contributed by atoms with Crippen LogP contribution in [0, 0.1) is 5.92 Å². The molecule has 0 amide bonds. The largest absolute Gasteiger partial charge is 0.356 e. The van der Waals surface area contributed by atoms with Gasteiger partial charge in [-0.05, 0) is 37.9 Å². The lowest BCUT2D eigenvalue weighted by Gasteiger charge is -2.31. The summed E-state index contributed by atoms with van der Waals surface area (Å²) in [7, 11) is 6.09. The number of aromatic amines is 1. The molecule has 3 rings (SSSR count). The van der Waals surface area contributed by atoms with E-state index >= 15 is 0 Å². The van der Waals surface area contributed by atoms with Gasteiger partial charge in [0.05, 0.1) is 18.4 Å². The minimum absolute atomic E-state index is 0. The van der Waals surface area contributed by atoms with E-state index < -0.39 is 0 Å². The lowest BCUT2D eigenvalue weighted by molar-refractivity contribution is 0.209. The molecule has 7 heteroatoms. The number of aliphatic imine (C=N–C) groups is 1. The lowest BCUT2D eigenvalue weighted by Crippen LogP contribution is -2.44. The molecular weight excluding hydrogens is 451 g/mol. The van der Waals surface area contributed by atoms with Crippen molar-refractivity contribution in [3.63, 3.8) is 0 Å². The minimum Gasteiger partial charge on any atom is -0.356 e. The number of nitrogens with one attached hydrogen (secondary N) is 2. The Bertz CT molecular complexity index is 714. The van der Waals surface area contributed by atoms with Crippen LogP contribution in [-0.2, 0) is 6.54 Å². The van der Waals surface area contributed by atoms with Crippen molar-refractivity contribution in [1.29, 1.82) is 0 Å². The van der Waals surface area contributed by atoms with E-state index in [1.165, 1.54) is 19.4 Å². The Hall–Kier alpha value is -1.61. The molecule has 0 spiro atoms. The summed E-state index contributed by atoms with van der Waals surface area (Å²) in [5.41, 5.74) is 2.19. The molecule has 148 valence electrons. The van der Waals surface area contributed by atoms with E-state index in [1.807, 2.05) is 38.5 Å². The van der Waals surface area contributed by atoms with E-state index in [0.29, 0.717) is 12.5 Å². The third-order valence-electron chi connectivity index (χ3n) is 4.94. The molecule has 0 radical (unpaired) electrons. The first-order valence-corrected chi connectivity index (χ1v) is 9.35. The number of imidazole rings is 1. The van der Waals surface area contributed by atoms with Crippen molar-refractivity contribution in [2.45, 2.75) is 19.4 Å². The fraction of sp³-hybridized carbons (Fsp3) is 0.500. The van der Waals surface area contributed by atoms with Crippen LogP contribution in [0.4, 0.5) is 0 Å². The summed E-state index contributed by atoms with van der Waals surface area (Å²) >= 11 is 0. The quantitative estimate of drug-likeness (QED) is 0.391. The van der Waals surface area contributed by atoms with Gasteiger partial charge in [0.25, 0.3) is 0 Å². The molecule has 1 atom stereocenters. The first kappa shape index (κ1) is 21.7. The van der Waals surface area contributed by atoms with Gasteiger partial charge in [-0.2, -0.15) is 0 Å². The van der Waals surface area contributed by atoms with Crippen LogP contribution in [0.25, 0.3) is 11.3 Å². The summed E-state index contributed by atoms with van der Waals surface area (Å²) in [4.78, 5) is 16.9. The molecule has 0 bridgehead atoms. The first-order chi connectivity index (χ1) is 12.7. The zero-order valence-corrected chi connectivity index (χ0v) is 18.8. The van der Waals surface area contributed by atoms with Crippen LogP contribution in [0.5, 0.6) is 0 Å². The maximum atomic E-state index is 4.52. The molecule has 2 aromatic rings. The van der Waals surface area contributed by atoms with Gasteiger partial charge < -0.3 is 20.1 Å². The third kappa shape index (κ3) is 6.21. The molecular formula is C20H31IN6. The maximum absolute atomic E-state index is 4.52.